The van der Waals surface area contributed by atoms with E-state index < -0.39 is 5.41 Å². The number of hydrogen-bond donors (Lipinski definition) is 1. The Morgan fingerprint density at radius 2 is 1.86 bits per heavy atom. The largest absolute Gasteiger partial charge is 0.354 e. The summed E-state index contributed by atoms with van der Waals surface area (Å²) in [6, 6.07) is 0. The van der Waals surface area contributed by atoms with Crippen LogP contribution in [-0.2, 0) is 14.4 Å². The van der Waals surface area contributed by atoms with Crippen molar-refractivity contribution in [2.75, 3.05) is 13.1 Å². The van der Waals surface area contributed by atoms with Gasteiger partial charge in [-0.3, -0.25) is 19.3 Å². The smallest absolute Gasteiger partial charge is 0.240 e. The first-order chi connectivity index (χ1) is 10.1. The summed E-state index contributed by atoms with van der Waals surface area (Å²) >= 11 is 0. The van der Waals surface area contributed by atoms with Crippen LogP contribution in [0.25, 0.3) is 0 Å². The number of amides is 3. The molecule has 116 valence electrons. The van der Waals surface area contributed by atoms with E-state index in [0.717, 1.165) is 32.1 Å². The molecular weight excluding hydrogens is 268 g/mol. The first-order valence-corrected chi connectivity index (χ1v) is 8.22. The van der Waals surface area contributed by atoms with Gasteiger partial charge in [0.05, 0.1) is 5.41 Å². The lowest BCUT2D eigenvalue weighted by Gasteiger charge is -2.30. The number of rotatable bonds is 4. The summed E-state index contributed by atoms with van der Waals surface area (Å²) in [5.41, 5.74) is -0.483. The molecule has 0 aromatic heterocycles. The first-order valence-electron chi connectivity index (χ1n) is 8.22. The second kappa shape index (κ2) is 5.78. The van der Waals surface area contributed by atoms with E-state index in [9.17, 15) is 14.4 Å². The van der Waals surface area contributed by atoms with E-state index in [1.165, 1.54) is 24.2 Å². The monoisotopic (exact) mass is 292 g/mol. The maximum absolute atomic E-state index is 12.6. The van der Waals surface area contributed by atoms with Gasteiger partial charge >= 0.3 is 0 Å². The van der Waals surface area contributed by atoms with Crippen molar-refractivity contribution in [2.24, 2.45) is 11.3 Å². The quantitative estimate of drug-likeness (QED) is 0.801. The van der Waals surface area contributed by atoms with Crippen LogP contribution < -0.4 is 5.32 Å². The highest BCUT2D eigenvalue weighted by Gasteiger charge is 2.51. The first kappa shape index (κ1) is 14.5. The number of carbonyl (C=O) groups excluding carboxylic acids is 3. The Labute approximate surface area is 125 Å². The minimum atomic E-state index is -0.483. The van der Waals surface area contributed by atoms with Crippen molar-refractivity contribution in [3.63, 3.8) is 0 Å². The van der Waals surface area contributed by atoms with Gasteiger partial charge in [0.2, 0.25) is 17.7 Å². The average molecular weight is 292 g/mol. The average Bonchev–Trinajstić information content (AvgIpc) is 2.63. The van der Waals surface area contributed by atoms with Crippen molar-refractivity contribution in [1.29, 1.82) is 0 Å². The topological polar surface area (TPSA) is 66.5 Å². The van der Waals surface area contributed by atoms with Gasteiger partial charge in [-0.15, -0.1) is 0 Å². The van der Waals surface area contributed by atoms with E-state index in [1.807, 2.05) is 0 Å². The Bertz CT molecular complexity index is 450. The van der Waals surface area contributed by atoms with Gasteiger partial charge in [0.25, 0.3) is 0 Å². The maximum Gasteiger partial charge on any atom is 0.240 e. The molecule has 1 N–H and O–H groups in total. The molecule has 3 amide bonds. The Kier molecular flexibility index (Phi) is 4.00. The maximum atomic E-state index is 12.6. The SMILES string of the molecule is O=C(CN1C(=O)CC2(CCCCC2)C1=O)NCC1CCC1. The highest BCUT2D eigenvalue weighted by atomic mass is 16.2. The van der Waals surface area contributed by atoms with Crippen LogP contribution in [0.2, 0.25) is 0 Å². The van der Waals surface area contributed by atoms with Gasteiger partial charge in [-0.2, -0.15) is 0 Å². The summed E-state index contributed by atoms with van der Waals surface area (Å²) in [6.07, 6.45) is 8.67. The van der Waals surface area contributed by atoms with Gasteiger partial charge in [0, 0.05) is 13.0 Å². The molecule has 2 saturated carbocycles. The van der Waals surface area contributed by atoms with Gasteiger partial charge in [0.15, 0.2) is 0 Å². The fourth-order valence-electron chi connectivity index (χ4n) is 3.79. The van der Waals surface area contributed by atoms with Gasteiger partial charge < -0.3 is 5.32 Å². The van der Waals surface area contributed by atoms with Crippen LogP contribution in [0.15, 0.2) is 0 Å². The molecule has 0 atom stereocenters. The number of nitrogens with one attached hydrogen (secondary N) is 1. The molecule has 3 aliphatic rings. The molecule has 1 spiro atoms. The summed E-state index contributed by atoms with van der Waals surface area (Å²) in [4.78, 5) is 37.8. The number of carbonyl (C=O) groups is 3. The highest BCUT2D eigenvalue weighted by Crippen LogP contribution is 2.45. The molecule has 2 aliphatic carbocycles. The summed E-state index contributed by atoms with van der Waals surface area (Å²) in [7, 11) is 0. The highest BCUT2D eigenvalue weighted by molar-refractivity contribution is 6.08. The van der Waals surface area contributed by atoms with Crippen LogP contribution in [0.5, 0.6) is 0 Å². The zero-order valence-electron chi connectivity index (χ0n) is 12.5. The zero-order chi connectivity index (χ0) is 14.9. The van der Waals surface area contributed by atoms with Crippen molar-refractivity contribution in [1.82, 2.24) is 10.2 Å². The molecule has 0 aromatic rings. The molecule has 0 bridgehead atoms. The molecule has 0 aromatic carbocycles. The molecule has 1 heterocycles. The Hall–Kier alpha value is -1.39. The van der Waals surface area contributed by atoms with Crippen molar-refractivity contribution < 1.29 is 14.4 Å². The molecule has 3 fully saturated rings. The van der Waals surface area contributed by atoms with Crippen molar-refractivity contribution in [3.8, 4) is 0 Å². The third-order valence-electron chi connectivity index (χ3n) is 5.41. The van der Waals surface area contributed by atoms with Crippen molar-refractivity contribution >= 4 is 17.7 Å². The van der Waals surface area contributed by atoms with E-state index in [2.05, 4.69) is 5.32 Å². The van der Waals surface area contributed by atoms with Gasteiger partial charge in [-0.25, -0.2) is 0 Å². The molecule has 21 heavy (non-hydrogen) atoms. The second-order valence-corrected chi connectivity index (χ2v) is 6.90. The van der Waals surface area contributed by atoms with E-state index in [-0.39, 0.29) is 24.3 Å². The Balaban J connectivity index is 1.55. The third-order valence-corrected chi connectivity index (χ3v) is 5.41. The van der Waals surface area contributed by atoms with E-state index in [4.69, 9.17) is 0 Å². The molecule has 0 unspecified atom stereocenters. The predicted octanol–water partition coefficient (Wildman–Crippen LogP) is 1.61. The molecular formula is C16H24N2O3. The number of likely N-dealkylation sites (tertiary alicyclic amines) is 1. The Morgan fingerprint density at radius 3 is 2.48 bits per heavy atom. The van der Waals surface area contributed by atoms with Gasteiger partial charge in [0.1, 0.15) is 6.54 Å². The standard InChI is InChI=1S/C16H24N2O3/c19-13(17-10-12-5-4-6-12)11-18-14(20)9-16(15(18)21)7-2-1-3-8-16/h12H,1-11H2,(H,17,19). The summed E-state index contributed by atoms with van der Waals surface area (Å²) in [5, 5.41) is 2.86. The molecule has 1 aliphatic heterocycles. The lowest BCUT2D eigenvalue weighted by Crippen LogP contribution is -2.44. The van der Waals surface area contributed by atoms with Crippen molar-refractivity contribution in [3.05, 3.63) is 0 Å². The lowest BCUT2D eigenvalue weighted by molar-refractivity contribution is -0.145. The summed E-state index contributed by atoms with van der Waals surface area (Å²) < 4.78 is 0. The van der Waals surface area contributed by atoms with Crippen LogP contribution in [0.3, 0.4) is 0 Å². The van der Waals surface area contributed by atoms with Crippen LogP contribution in [0.1, 0.15) is 57.8 Å². The third kappa shape index (κ3) is 2.83. The summed E-state index contributed by atoms with van der Waals surface area (Å²) in [5.74, 6) is 0.117. The molecule has 0 radical (unpaired) electrons. The van der Waals surface area contributed by atoms with Crippen molar-refractivity contribution in [2.45, 2.75) is 57.8 Å². The van der Waals surface area contributed by atoms with Crippen LogP contribution in [0.4, 0.5) is 0 Å². The zero-order valence-corrected chi connectivity index (χ0v) is 12.5. The number of imide groups is 1. The lowest BCUT2D eigenvalue weighted by atomic mass is 9.73. The molecule has 5 nitrogen and oxygen atoms in total. The minimum Gasteiger partial charge on any atom is -0.354 e. The molecule has 5 heteroatoms. The molecule has 1 saturated heterocycles. The number of nitrogens with zero attached hydrogens (tertiary/aromatic N) is 1. The van der Waals surface area contributed by atoms with E-state index >= 15 is 0 Å². The van der Waals surface area contributed by atoms with E-state index in [1.54, 1.807) is 0 Å². The van der Waals surface area contributed by atoms with Gasteiger partial charge in [-0.1, -0.05) is 25.7 Å². The van der Waals surface area contributed by atoms with Gasteiger partial charge in [-0.05, 0) is 31.6 Å². The number of hydrogen-bond acceptors (Lipinski definition) is 3. The molecule has 3 rings (SSSR count). The van der Waals surface area contributed by atoms with Crippen LogP contribution in [-0.4, -0.2) is 35.7 Å². The predicted molar refractivity (Wildman–Crippen MR) is 77.2 cm³/mol. The van der Waals surface area contributed by atoms with Crippen LogP contribution in [0, 0.1) is 11.3 Å². The normalized spacial score (nSPS) is 25.2. The summed E-state index contributed by atoms with van der Waals surface area (Å²) in [6.45, 7) is 0.590. The fraction of sp³-hybridized carbons (Fsp3) is 0.812. The van der Waals surface area contributed by atoms with Crippen LogP contribution >= 0.6 is 0 Å². The fourth-order valence-corrected chi connectivity index (χ4v) is 3.79. The van der Waals surface area contributed by atoms with E-state index in [0.29, 0.717) is 18.9 Å². The Morgan fingerprint density at radius 1 is 1.14 bits per heavy atom. The minimum absolute atomic E-state index is 0.0911. The second-order valence-electron chi connectivity index (χ2n) is 6.90.